The molecule has 1 fully saturated rings. The molecule has 0 saturated carbocycles. The van der Waals surface area contributed by atoms with Crippen LogP contribution in [-0.4, -0.2) is 78.3 Å². The van der Waals surface area contributed by atoms with Gasteiger partial charge in [0.2, 0.25) is 5.95 Å². The van der Waals surface area contributed by atoms with Crippen LogP contribution in [0.1, 0.15) is 0 Å². The molecule has 11 nitrogen and oxygen atoms in total. The van der Waals surface area contributed by atoms with Crippen LogP contribution in [0.3, 0.4) is 0 Å². The molecule has 2 aromatic heterocycles. The Balaban J connectivity index is 1.40. The van der Waals surface area contributed by atoms with E-state index in [9.17, 15) is 4.79 Å². The normalized spacial score (nSPS) is 13.5. The zero-order chi connectivity index (χ0) is 25.9. The molecule has 1 aliphatic rings. The number of urea groups is 1. The first-order chi connectivity index (χ1) is 18.0. The summed E-state index contributed by atoms with van der Waals surface area (Å²) < 4.78 is 10.8. The molecule has 190 valence electrons. The summed E-state index contributed by atoms with van der Waals surface area (Å²) in [6, 6.07) is 15.1. The number of amides is 2. The number of nitrogen functional groups attached to an aromatic ring is 1. The van der Waals surface area contributed by atoms with Crippen LogP contribution >= 0.6 is 0 Å². The highest BCUT2D eigenvalue weighted by atomic mass is 16.5. The second-order valence-corrected chi connectivity index (χ2v) is 8.55. The fourth-order valence-electron chi connectivity index (χ4n) is 4.35. The van der Waals surface area contributed by atoms with E-state index in [1.807, 2.05) is 53.4 Å². The fourth-order valence-corrected chi connectivity index (χ4v) is 4.35. The standard InChI is InChI=1S/C26H28N8O3/c1-32(18-7-5-4-6-8-18)26(35)34-13-11-33(12-14-34)24-22-23(30-25(27)31-24)28-16-19(29-22)17-9-10-20(36-2)21(15-17)37-3/h4-10,15-16H,11-14H2,1-3H3,(H2,27,28,30,31). The van der Waals surface area contributed by atoms with Gasteiger partial charge in [-0.15, -0.1) is 0 Å². The number of hydrogen-bond acceptors (Lipinski definition) is 9. The number of methoxy groups -OCH3 is 2. The average Bonchev–Trinajstić information content (AvgIpc) is 2.95. The Bertz CT molecular complexity index is 1420. The molecule has 2 N–H and O–H groups in total. The molecule has 1 saturated heterocycles. The van der Waals surface area contributed by atoms with Crippen molar-refractivity contribution in [2.45, 2.75) is 0 Å². The van der Waals surface area contributed by atoms with E-state index in [4.69, 9.17) is 20.2 Å². The molecule has 37 heavy (non-hydrogen) atoms. The molecular formula is C26H28N8O3. The smallest absolute Gasteiger partial charge is 0.324 e. The monoisotopic (exact) mass is 500 g/mol. The number of carbonyl (C=O) groups is 1. The van der Waals surface area contributed by atoms with Crippen LogP contribution in [0, 0.1) is 0 Å². The lowest BCUT2D eigenvalue weighted by Gasteiger charge is -2.37. The molecule has 0 unspecified atom stereocenters. The van der Waals surface area contributed by atoms with Crippen molar-refractivity contribution >= 4 is 34.6 Å². The van der Waals surface area contributed by atoms with Gasteiger partial charge in [-0.3, -0.25) is 4.90 Å². The SMILES string of the molecule is COc1ccc(-c2cnc3nc(N)nc(N4CCN(C(=O)N(C)c5ccccc5)CC4)c3n2)cc1OC. The first kappa shape index (κ1) is 24.0. The van der Waals surface area contributed by atoms with Crippen LogP contribution in [0.2, 0.25) is 0 Å². The molecule has 3 heterocycles. The summed E-state index contributed by atoms with van der Waals surface area (Å²) >= 11 is 0. The van der Waals surface area contributed by atoms with Crippen molar-refractivity contribution in [3.8, 4) is 22.8 Å². The maximum absolute atomic E-state index is 13.1. The van der Waals surface area contributed by atoms with Crippen LogP contribution in [0.4, 0.5) is 22.2 Å². The number of para-hydroxylation sites is 1. The minimum absolute atomic E-state index is 0.0477. The van der Waals surface area contributed by atoms with E-state index in [1.165, 1.54) is 0 Å². The van der Waals surface area contributed by atoms with Crippen LogP contribution in [-0.2, 0) is 0 Å². The summed E-state index contributed by atoms with van der Waals surface area (Å²) in [5.74, 6) is 1.94. The Kier molecular flexibility index (Phi) is 6.59. The molecule has 0 radical (unpaired) electrons. The number of benzene rings is 2. The van der Waals surface area contributed by atoms with E-state index < -0.39 is 0 Å². The molecule has 0 bridgehead atoms. The summed E-state index contributed by atoms with van der Waals surface area (Å²) in [5.41, 5.74) is 9.27. The summed E-state index contributed by atoms with van der Waals surface area (Å²) in [6.45, 7) is 2.21. The Morgan fingerprint density at radius 1 is 0.946 bits per heavy atom. The molecule has 2 aromatic carbocycles. The van der Waals surface area contributed by atoms with E-state index in [-0.39, 0.29) is 12.0 Å². The van der Waals surface area contributed by atoms with E-state index >= 15 is 0 Å². The molecule has 5 rings (SSSR count). The van der Waals surface area contributed by atoms with Crippen molar-refractivity contribution in [2.75, 3.05) is 63.0 Å². The lowest BCUT2D eigenvalue weighted by molar-refractivity contribution is 0.202. The Hall–Kier alpha value is -4.67. The lowest BCUT2D eigenvalue weighted by Crippen LogP contribution is -2.52. The van der Waals surface area contributed by atoms with Gasteiger partial charge in [-0.2, -0.15) is 9.97 Å². The van der Waals surface area contributed by atoms with E-state index in [0.717, 1.165) is 11.3 Å². The number of carbonyl (C=O) groups excluding carboxylic acids is 1. The number of hydrogen-bond donors (Lipinski definition) is 1. The Morgan fingerprint density at radius 2 is 1.68 bits per heavy atom. The minimum atomic E-state index is -0.0477. The number of aromatic nitrogens is 4. The number of ether oxygens (including phenoxy) is 2. The van der Waals surface area contributed by atoms with Gasteiger partial charge in [0.15, 0.2) is 28.5 Å². The third-order valence-electron chi connectivity index (χ3n) is 6.37. The fraction of sp³-hybridized carbons (Fsp3) is 0.269. The van der Waals surface area contributed by atoms with Crippen molar-refractivity contribution in [1.82, 2.24) is 24.8 Å². The number of nitrogens with zero attached hydrogens (tertiary/aromatic N) is 7. The number of piperazine rings is 1. The van der Waals surface area contributed by atoms with Crippen LogP contribution in [0.5, 0.6) is 11.5 Å². The first-order valence-corrected chi connectivity index (χ1v) is 11.8. The molecule has 0 aliphatic carbocycles. The maximum atomic E-state index is 13.1. The second-order valence-electron chi connectivity index (χ2n) is 8.55. The second kappa shape index (κ2) is 10.1. The van der Waals surface area contributed by atoms with Crippen LogP contribution < -0.4 is 25.0 Å². The predicted octanol–water partition coefficient (Wildman–Crippen LogP) is 3.06. The van der Waals surface area contributed by atoms with Gasteiger partial charge in [-0.25, -0.2) is 14.8 Å². The third kappa shape index (κ3) is 4.75. The molecule has 0 spiro atoms. The average molecular weight is 501 g/mol. The van der Waals surface area contributed by atoms with Crippen molar-refractivity contribution in [3.63, 3.8) is 0 Å². The van der Waals surface area contributed by atoms with Crippen molar-refractivity contribution in [3.05, 3.63) is 54.7 Å². The van der Waals surface area contributed by atoms with Crippen molar-refractivity contribution in [2.24, 2.45) is 0 Å². The summed E-state index contributed by atoms with van der Waals surface area (Å²) in [7, 11) is 4.97. The maximum Gasteiger partial charge on any atom is 0.324 e. The highest BCUT2D eigenvalue weighted by Gasteiger charge is 2.27. The highest BCUT2D eigenvalue weighted by molar-refractivity contribution is 5.92. The molecule has 1 aliphatic heterocycles. The zero-order valence-electron chi connectivity index (χ0n) is 21.0. The van der Waals surface area contributed by atoms with Gasteiger partial charge >= 0.3 is 6.03 Å². The van der Waals surface area contributed by atoms with E-state index in [0.29, 0.717) is 60.4 Å². The van der Waals surface area contributed by atoms with Crippen molar-refractivity contribution in [1.29, 1.82) is 0 Å². The largest absolute Gasteiger partial charge is 0.493 e. The summed E-state index contributed by atoms with van der Waals surface area (Å²) in [4.78, 5) is 36.8. The minimum Gasteiger partial charge on any atom is -0.493 e. The molecule has 0 atom stereocenters. The first-order valence-electron chi connectivity index (χ1n) is 11.8. The topological polar surface area (TPSA) is 123 Å². The van der Waals surface area contributed by atoms with Crippen LogP contribution in [0.25, 0.3) is 22.4 Å². The summed E-state index contributed by atoms with van der Waals surface area (Å²) in [5, 5.41) is 0. The molecule has 11 heteroatoms. The Labute approximate surface area is 214 Å². The number of fused-ring (bicyclic) bond motifs is 1. The van der Waals surface area contributed by atoms with E-state index in [1.54, 1.807) is 32.4 Å². The third-order valence-corrected chi connectivity index (χ3v) is 6.37. The number of anilines is 3. The van der Waals surface area contributed by atoms with Gasteiger partial charge in [0.1, 0.15) is 0 Å². The zero-order valence-corrected chi connectivity index (χ0v) is 21.0. The van der Waals surface area contributed by atoms with Crippen LogP contribution in [0.15, 0.2) is 54.7 Å². The quantitative estimate of drug-likeness (QED) is 0.440. The number of rotatable bonds is 5. The van der Waals surface area contributed by atoms with Gasteiger partial charge in [-0.05, 0) is 30.3 Å². The van der Waals surface area contributed by atoms with Gasteiger partial charge in [0.05, 0.1) is 26.1 Å². The highest BCUT2D eigenvalue weighted by Crippen LogP contribution is 2.33. The molecule has 4 aromatic rings. The lowest BCUT2D eigenvalue weighted by atomic mass is 10.1. The van der Waals surface area contributed by atoms with Gasteiger partial charge < -0.3 is 25.0 Å². The Morgan fingerprint density at radius 3 is 2.38 bits per heavy atom. The van der Waals surface area contributed by atoms with Crippen molar-refractivity contribution < 1.29 is 14.3 Å². The molecule has 2 amide bonds. The summed E-state index contributed by atoms with van der Waals surface area (Å²) in [6.07, 6.45) is 1.65. The van der Waals surface area contributed by atoms with Gasteiger partial charge in [-0.1, -0.05) is 18.2 Å². The number of nitrogens with two attached hydrogens (primary N) is 1. The van der Waals surface area contributed by atoms with Gasteiger partial charge in [0.25, 0.3) is 0 Å². The molecular weight excluding hydrogens is 472 g/mol. The van der Waals surface area contributed by atoms with Gasteiger partial charge in [0, 0.05) is 44.5 Å². The van der Waals surface area contributed by atoms with E-state index in [2.05, 4.69) is 19.9 Å². The predicted molar refractivity (Wildman–Crippen MR) is 142 cm³/mol.